The van der Waals surface area contributed by atoms with Crippen LogP contribution in [0.2, 0.25) is 0 Å². The molecule has 2 rings (SSSR count). The molecule has 0 unspecified atom stereocenters. The smallest absolute Gasteiger partial charge is 0.385 e. The maximum absolute atomic E-state index is 12.9. The minimum atomic E-state index is -4.31. The fourth-order valence-electron chi connectivity index (χ4n) is 3.14. The van der Waals surface area contributed by atoms with Gasteiger partial charge in [-0.1, -0.05) is 6.07 Å². The lowest BCUT2D eigenvalue weighted by molar-refractivity contribution is -0.137. The van der Waals surface area contributed by atoms with Crippen LogP contribution >= 0.6 is 0 Å². The number of ether oxygens (including phenoxy) is 1. The van der Waals surface area contributed by atoms with Crippen LogP contribution in [0, 0.1) is 0 Å². The number of benzene rings is 1. The molecule has 0 bridgehead atoms. The molecule has 0 amide bonds. The number of anilines is 1. The van der Waals surface area contributed by atoms with E-state index in [9.17, 15) is 13.2 Å². The van der Waals surface area contributed by atoms with E-state index in [-0.39, 0.29) is 0 Å². The summed E-state index contributed by atoms with van der Waals surface area (Å²) in [6.45, 7) is 4.40. The number of hydrogen-bond acceptors (Lipinski definition) is 3. The molecule has 152 valence electrons. The van der Waals surface area contributed by atoms with Gasteiger partial charge in [-0.25, -0.2) is 0 Å². The Morgan fingerprint density at radius 3 is 2.52 bits per heavy atom. The first kappa shape index (κ1) is 21.3. The fourth-order valence-corrected chi connectivity index (χ4v) is 3.14. The third-order valence-electron chi connectivity index (χ3n) is 4.64. The van der Waals surface area contributed by atoms with Gasteiger partial charge in [0.15, 0.2) is 5.96 Å². The molecule has 0 radical (unpaired) electrons. The number of nitrogens with zero attached hydrogens (tertiary/aromatic N) is 3. The average Bonchev–Trinajstić information content (AvgIpc) is 2.67. The Morgan fingerprint density at radius 2 is 1.89 bits per heavy atom. The lowest BCUT2D eigenvalue weighted by atomic mass is 10.1. The molecule has 0 aliphatic carbocycles. The van der Waals surface area contributed by atoms with Crippen molar-refractivity contribution < 1.29 is 17.9 Å². The van der Waals surface area contributed by atoms with E-state index in [1.807, 2.05) is 4.90 Å². The average molecular weight is 386 g/mol. The number of piperazine rings is 1. The van der Waals surface area contributed by atoms with Gasteiger partial charge >= 0.3 is 6.18 Å². The van der Waals surface area contributed by atoms with Gasteiger partial charge in [-0.05, 0) is 37.5 Å². The van der Waals surface area contributed by atoms with Crippen molar-refractivity contribution in [2.75, 3.05) is 58.4 Å². The van der Waals surface area contributed by atoms with E-state index in [1.54, 1.807) is 20.2 Å². The van der Waals surface area contributed by atoms with Gasteiger partial charge in [0, 0.05) is 59.2 Å². The zero-order chi connectivity index (χ0) is 19.7. The first-order valence-electron chi connectivity index (χ1n) is 9.32. The maximum Gasteiger partial charge on any atom is 0.416 e. The fraction of sp³-hybridized carbons (Fsp3) is 0.632. The molecular weight excluding hydrogens is 357 g/mol. The number of methoxy groups -OCH3 is 1. The third kappa shape index (κ3) is 6.61. The van der Waals surface area contributed by atoms with Gasteiger partial charge < -0.3 is 19.9 Å². The number of halogens is 3. The molecule has 1 fully saturated rings. The first-order chi connectivity index (χ1) is 13.0. The summed E-state index contributed by atoms with van der Waals surface area (Å²) in [7, 11) is 3.46. The lowest BCUT2D eigenvalue weighted by Crippen LogP contribution is -2.52. The van der Waals surface area contributed by atoms with Crippen molar-refractivity contribution in [1.29, 1.82) is 0 Å². The van der Waals surface area contributed by atoms with Crippen LogP contribution in [0.1, 0.15) is 24.8 Å². The highest BCUT2D eigenvalue weighted by molar-refractivity contribution is 5.80. The van der Waals surface area contributed by atoms with Gasteiger partial charge in [0.25, 0.3) is 0 Å². The molecule has 0 atom stereocenters. The molecule has 27 heavy (non-hydrogen) atoms. The Labute approximate surface area is 159 Å². The van der Waals surface area contributed by atoms with Gasteiger partial charge in [0.05, 0.1) is 5.56 Å². The number of hydrogen-bond donors (Lipinski definition) is 1. The zero-order valence-corrected chi connectivity index (χ0v) is 16.1. The number of nitrogens with one attached hydrogen (secondary N) is 1. The Balaban J connectivity index is 1.82. The summed E-state index contributed by atoms with van der Waals surface area (Å²) in [5, 5.41) is 3.37. The van der Waals surface area contributed by atoms with Crippen LogP contribution in [0.25, 0.3) is 0 Å². The molecule has 1 heterocycles. The van der Waals surface area contributed by atoms with Gasteiger partial charge in [0.2, 0.25) is 0 Å². The predicted molar refractivity (Wildman–Crippen MR) is 102 cm³/mol. The van der Waals surface area contributed by atoms with E-state index in [4.69, 9.17) is 4.74 Å². The van der Waals surface area contributed by atoms with E-state index < -0.39 is 11.7 Å². The van der Waals surface area contributed by atoms with Crippen LogP contribution in [-0.4, -0.2) is 64.3 Å². The van der Waals surface area contributed by atoms with Crippen LogP contribution in [-0.2, 0) is 10.9 Å². The largest absolute Gasteiger partial charge is 0.416 e. The number of alkyl halides is 3. The van der Waals surface area contributed by atoms with Crippen molar-refractivity contribution in [3.63, 3.8) is 0 Å². The molecule has 1 aromatic carbocycles. The minimum absolute atomic E-state index is 0.603. The van der Waals surface area contributed by atoms with Crippen LogP contribution in [0.5, 0.6) is 0 Å². The summed E-state index contributed by atoms with van der Waals surface area (Å²) in [6.07, 6.45) is -1.12. The SMILES string of the molecule is CN=C(NCCCCCOC)N1CCN(c2cccc(C(F)(F)F)c2)CC1. The van der Waals surface area contributed by atoms with Crippen LogP contribution in [0.4, 0.5) is 18.9 Å². The van der Waals surface area contributed by atoms with E-state index in [1.165, 1.54) is 12.1 Å². The lowest BCUT2D eigenvalue weighted by Gasteiger charge is -2.37. The molecule has 1 aliphatic heterocycles. The molecule has 1 aliphatic rings. The Morgan fingerprint density at radius 1 is 1.15 bits per heavy atom. The highest BCUT2D eigenvalue weighted by Crippen LogP contribution is 2.31. The first-order valence-corrected chi connectivity index (χ1v) is 9.32. The van der Waals surface area contributed by atoms with Crippen molar-refractivity contribution in [3.05, 3.63) is 29.8 Å². The van der Waals surface area contributed by atoms with E-state index in [2.05, 4.69) is 15.2 Å². The molecule has 0 aromatic heterocycles. The monoisotopic (exact) mass is 386 g/mol. The van der Waals surface area contributed by atoms with Crippen LogP contribution in [0.3, 0.4) is 0 Å². The molecule has 5 nitrogen and oxygen atoms in total. The van der Waals surface area contributed by atoms with Crippen LogP contribution < -0.4 is 10.2 Å². The van der Waals surface area contributed by atoms with E-state index >= 15 is 0 Å². The number of unbranched alkanes of at least 4 members (excludes halogenated alkanes) is 2. The van der Waals surface area contributed by atoms with Crippen molar-refractivity contribution >= 4 is 11.6 Å². The molecular formula is C19H29F3N4O. The predicted octanol–water partition coefficient (Wildman–Crippen LogP) is 3.22. The van der Waals surface area contributed by atoms with Crippen molar-refractivity contribution in [2.24, 2.45) is 4.99 Å². The summed E-state index contributed by atoms with van der Waals surface area (Å²) in [6, 6.07) is 5.54. The summed E-state index contributed by atoms with van der Waals surface area (Å²) < 4.78 is 43.8. The summed E-state index contributed by atoms with van der Waals surface area (Å²) >= 11 is 0. The van der Waals surface area contributed by atoms with Gasteiger partial charge in [-0.2, -0.15) is 13.2 Å². The molecule has 1 aromatic rings. The second-order valence-electron chi connectivity index (χ2n) is 6.55. The van der Waals surface area contributed by atoms with Gasteiger partial charge in [-0.3, -0.25) is 4.99 Å². The summed E-state index contributed by atoms with van der Waals surface area (Å²) in [4.78, 5) is 8.47. The minimum Gasteiger partial charge on any atom is -0.385 e. The number of rotatable bonds is 7. The molecule has 8 heteroatoms. The Kier molecular flexibility index (Phi) is 8.22. The van der Waals surface area contributed by atoms with Gasteiger partial charge in [0.1, 0.15) is 0 Å². The Bertz CT molecular complexity index is 599. The normalized spacial score (nSPS) is 16.0. The number of guanidine groups is 1. The molecule has 1 saturated heterocycles. The second kappa shape index (κ2) is 10.4. The standard InChI is InChI=1S/C19H29F3N4O/c1-23-18(24-9-4-3-5-14-27-2)26-12-10-25(11-13-26)17-8-6-7-16(15-17)19(20,21)22/h6-8,15H,3-5,9-14H2,1-2H3,(H,23,24). The summed E-state index contributed by atoms with van der Waals surface area (Å²) in [5.41, 5.74) is 0.0129. The van der Waals surface area contributed by atoms with Gasteiger partial charge in [-0.15, -0.1) is 0 Å². The second-order valence-corrected chi connectivity index (χ2v) is 6.55. The van der Waals surface area contributed by atoms with Crippen molar-refractivity contribution in [1.82, 2.24) is 10.2 Å². The Hall–Kier alpha value is -1.96. The van der Waals surface area contributed by atoms with Crippen molar-refractivity contribution in [2.45, 2.75) is 25.4 Å². The summed E-state index contributed by atoms with van der Waals surface area (Å²) in [5.74, 6) is 0.852. The van der Waals surface area contributed by atoms with E-state index in [0.29, 0.717) is 18.8 Å². The third-order valence-corrected chi connectivity index (χ3v) is 4.64. The van der Waals surface area contributed by atoms with Crippen molar-refractivity contribution in [3.8, 4) is 0 Å². The molecule has 0 saturated carbocycles. The topological polar surface area (TPSA) is 40.1 Å². The molecule has 0 spiro atoms. The van der Waals surface area contributed by atoms with Crippen LogP contribution in [0.15, 0.2) is 29.3 Å². The highest BCUT2D eigenvalue weighted by atomic mass is 19.4. The highest BCUT2D eigenvalue weighted by Gasteiger charge is 2.31. The number of aliphatic imine (C=N–C) groups is 1. The quantitative estimate of drug-likeness (QED) is 0.444. The zero-order valence-electron chi connectivity index (χ0n) is 16.1. The van der Waals surface area contributed by atoms with E-state index in [0.717, 1.165) is 57.5 Å². The molecule has 1 N–H and O–H groups in total. The maximum atomic E-state index is 12.9.